The van der Waals surface area contributed by atoms with Gasteiger partial charge in [0.1, 0.15) is 6.20 Å². The van der Waals surface area contributed by atoms with E-state index >= 15 is 0 Å². The number of carbonyl (C=O) groups excluding carboxylic acids is 1. The number of ketones is 1. The lowest BCUT2D eigenvalue weighted by Crippen LogP contribution is -2.12. The van der Waals surface area contributed by atoms with Crippen molar-refractivity contribution in [3.05, 3.63) is 34.3 Å². The van der Waals surface area contributed by atoms with E-state index in [2.05, 4.69) is 4.98 Å². The van der Waals surface area contributed by atoms with Crippen LogP contribution in [0.1, 0.15) is 12.2 Å². The van der Waals surface area contributed by atoms with E-state index in [4.69, 9.17) is 0 Å². The Morgan fingerprint density at radius 1 is 1.65 bits per heavy atom. The first-order valence-electron chi connectivity index (χ1n) is 4.61. The fraction of sp³-hybridized carbons (Fsp3) is 0.333. The number of nitrogens with zero attached hydrogens (tertiary/aromatic N) is 3. The molecule has 0 radical (unpaired) electrons. The number of aryl methyl sites for hydroxylation is 1. The van der Waals surface area contributed by atoms with Crippen LogP contribution in [0.15, 0.2) is 18.4 Å². The van der Waals surface area contributed by atoms with Crippen molar-refractivity contribution < 1.29 is 18.5 Å². The molecule has 0 aliphatic carbocycles. The van der Waals surface area contributed by atoms with Crippen molar-refractivity contribution in [1.82, 2.24) is 9.55 Å². The highest BCUT2D eigenvalue weighted by atomic mass is 19.3. The average molecular weight is 245 g/mol. The van der Waals surface area contributed by atoms with E-state index in [0.29, 0.717) is 6.08 Å². The van der Waals surface area contributed by atoms with Crippen molar-refractivity contribution >= 4 is 11.6 Å². The van der Waals surface area contributed by atoms with Crippen molar-refractivity contribution in [3.8, 4) is 0 Å². The molecule has 0 saturated heterocycles. The minimum atomic E-state index is -1.95. The first kappa shape index (κ1) is 12.9. The van der Waals surface area contributed by atoms with Crippen LogP contribution in [0, 0.1) is 17.0 Å². The van der Waals surface area contributed by atoms with Gasteiger partial charge >= 0.3 is 5.82 Å². The second-order valence-electron chi connectivity index (χ2n) is 3.24. The number of hydrogen-bond acceptors (Lipinski definition) is 4. The van der Waals surface area contributed by atoms with Crippen LogP contribution in [0.25, 0.3) is 0 Å². The van der Waals surface area contributed by atoms with E-state index in [1.807, 2.05) is 0 Å². The molecule has 1 aromatic heterocycles. The summed E-state index contributed by atoms with van der Waals surface area (Å²) in [6.07, 6.45) is -0.915. The minimum Gasteiger partial charge on any atom is -0.358 e. The van der Waals surface area contributed by atoms with Crippen LogP contribution in [0.5, 0.6) is 0 Å². The molecular weight excluding hydrogens is 236 g/mol. The Bertz CT molecular complexity index is 478. The van der Waals surface area contributed by atoms with Gasteiger partial charge < -0.3 is 10.1 Å². The van der Waals surface area contributed by atoms with Gasteiger partial charge in [0, 0.05) is 13.3 Å². The molecule has 0 amide bonds. The van der Waals surface area contributed by atoms with Crippen molar-refractivity contribution in [2.24, 2.45) is 0 Å². The van der Waals surface area contributed by atoms with Gasteiger partial charge in [0.15, 0.2) is 18.2 Å². The standard InChI is InChI=1S/C9H9F2N3O3/c1-6-12-4-9(14(16)17)13(6)5-7(15)2-3-8(10)11/h3-4H,2,5H2,1H3. The molecule has 6 nitrogen and oxygen atoms in total. The zero-order valence-electron chi connectivity index (χ0n) is 8.89. The lowest BCUT2D eigenvalue weighted by atomic mass is 10.3. The molecular formula is C9H9F2N3O3. The number of nitro groups is 1. The number of allylic oxidation sites excluding steroid dienone is 1. The average Bonchev–Trinajstić information content (AvgIpc) is 2.58. The van der Waals surface area contributed by atoms with Crippen molar-refractivity contribution in [3.63, 3.8) is 0 Å². The fourth-order valence-electron chi connectivity index (χ4n) is 1.23. The van der Waals surface area contributed by atoms with Gasteiger partial charge in [-0.25, -0.2) is 9.55 Å². The number of rotatable bonds is 5. The van der Waals surface area contributed by atoms with E-state index in [-0.39, 0.29) is 18.2 Å². The summed E-state index contributed by atoms with van der Waals surface area (Å²) in [5.41, 5.74) is 0. The number of hydrogen-bond donors (Lipinski definition) is 0. The highest BCUT2D eigenvalue weighted by Gasteiger charge is 2.19. The quantitative estimate of drug-likeness (QED) is 0.585. The lowest BCUT2D eigenvalue weighted by molar-refractivity contribution is -0.392. The highest BCUT2D eigenvalue weighted by molar-refractivity contribution is 5.80. The van der Waals surface area contributed by atoms with E-state index in [9.17, 15) is 23.7 Å². The summed E-state index contributed by atoms with van der Waals surface area (Å²) >= 11 is 0. The smallest absolute Gasteiger partial charge is 0.343 e. The van der Waals surface area contributed by atoms with Gasteiger partial charge in [0.2, 0.25) is 0 Å². The van der Waals surface area contributed by atoms with Crippen LogP contribution in [0.4, 0.5) is 14.6 Å². The predicted octanol–water partition coefficient (Wildman–Crippen LogP) is 1.84. The summed E-state index contributed by atoms with van der Waals surface area (Å²) < 4.78 is 24.6. The van der Waals surface area contributed by atoms with E-state index in [1.165, 1.54) is 6.92 Å². The summed E-state index contributed by atoms with van der Waals surface area (Å²) in [5.74, 6) is -0.600. The van der Waals surface area contributed by atoms with Gasteiger partial charge in [0.05, 0.1) is 0 Å². The molecule has 0 spiro atoms. The summed E-state index contributed by atoms with van der Waals surface area (Å²) in [5, 5.41) is 10.6. The zero-order valence-corrected chi connectivity index (χ0v) is 8.89. The first-order valence-corrected chi connectivity index (χ1v) is 4.61. The van der Waals surface area contributed by atoms with E-state index in [0.717, 1.165) is 10.8 Å². The van der Waals surface area contributed by atoms with Gasteiger partial charge in [-0.15, -0.1) is 0 Å². The molecule has 92 valence electrons. The summed E-state index contributed by atoms with van der Waals surface area (Å²) in [4.78, 5) is 24.9. The van der Waals surface area contributed by atoms with Crippen molar-refractivity contribution in [2.45, 2.75) is 19.9 Å². The molecule has 8 heteroatoms. The molecule has 0 atom stereocenters. The van der Waals surface area contributed by atoms with Crippen LogP contribution in [0.2, 0.25) is 0 Å². The summed E-state index contributed by atoms with van der Waals surface area (Å²) in [7, 11) is 0. The van der Waals surface area contributed by atoms with Gasteiger partial charge in [-0.3, -0.25) is 4.79 Å². The molecule has 17 heavy (non-hydrogen) atoms. The molecule has 0 bridgehead atoms. The Hall–Kier alpha value is -2.12. The maximum atomic E-state index is 11.7. The van der Waals surface area contributed by atoms with Crippen LogP contribution in [-0.4, -0.2) is 20.3 Å². The number of halogens is 2. The molecule has 0 N–H and O–H groups in total. The lowest BCUT2D eigenvalue weighted by Gasteiger charge is -2.00. The molecule has 0 fully saturated rings. The molecule has 0 aliphatic heterocycles. The molecule has 0 aliphatic rings. The Labute approximate surface area is 94.7 Å². The third kappa shape index (κ3) is 3.44. The fourth-order valence-corrected chi connectivity index (χ4v) is 1.23. The topological polar surface area (TPSA) is 78.0 Å². The zero-order chi connectivity index (χ0) is 13.0. The van der Waals surface area contributed by atoms with Crippen LogP contribution >= 0.6 is 0 Å². The Morgan fingerprint density at radius 3 is 2.82 bits per heavy atom. The third-order valence-corrected chi connectivity index (χ3v) is 2.04. The van der Waals surface area contributed by atoms with Crippen molar-refractivity contribution in [2.75, 3.05) is 0 Å². The first-order chi connectivity index (χ1) is 7.91. The second-order valence-corrected chi connectivity index (χ2v) is 3.24. The Kier molecular flexibility index (Phi) is 4.02. The molecule has 0 saturated carbocycles. The van der Waals surface area contributed by atoms with Crippen LogP contribution in [0.3, 0.4) is 0 Å². The van der Waals surface area contributed by atoms with Gasteiger partial charge in [-0.1, -0.05) is 0 Å². The largest absolute Gasteiger partial charge is 0.358 e. The van der Waals surface area contributed by atoms with Crippen molar-refractivity contribution in [1.29, 1.82) is 0 Å². The number of carbonyl (C=O) groups is 1. The predicted molar refractivity (Wildman–Crippen MR) is 53.5 cm³/mol. The molecule has 1 heterocycles. The third-order valence-electron chi connectivity index (χ3n) is 2.04. The minimum absolute atomic E-state index is 0.287. The molecule has 1 rings (SSSR count). The van der Waals surface area contributed by atoms with E-state index in [1.54, 1.807) is 0 Å². The van der Waals surface area contributed by atoms with E-state index < -0.39 is 23.2 Å². The van der Waals surface area contributed by atoms with Crippen LogP contribution in [-0.2, 0) is 11.3 Å². The number of Topliss-reactive ketones (excluding diaryl/α,β-unsaturated/α-hetero) is 1. The van der Waals surface area contributed by atoms with Crippen LogP contribution < -0.4 is 0 Å². The van der Waals surface area contributed by atoms with Gasteiger partial charge in [-0.2, -0.15) is 8.78 Å². The summed E-state index contributed by atoms with van der Waals surface area (Å²) in [6.45, 7) is 1.15. The molecule has 1 aromatic rings. The monoisotopic (exact) mass is 245 g/mol. The maximum absolute atomic E-state index is 11.7. The second kappa shape index (κ2) is 5.28. The summed E-state index contributed by atoms with van der Waals surface area (Å²) in [6, 6.07) is 0. The Morgan fingerprint density at radius 2 is 2.29 bits per heavy atom. The van der Waals surface area contributed by atoms with Gasteiger partial charge in [0.25, 0.3) is 6.08 Å². The molecule has 0 aromatic carbocycles. The molecule has 0 unspecified atom stereocenters. The SMILES string of the molecule is Cc1ncc([N+](=O)[O-])n1CC(=O)CC=C(F)F. The number of aromatic nitrogens is 2. The normalized spacial score (nSPS) is 10.1. The maximum Gasteiger partial charge on any atom is 0.343 e. The highest BCUT2D eigenvalue weighted by Crippen LogP contribution is 2.14. The Balaban J connectivity index is 2.81. The number of imidazole rings is 1. The van der Waals surface area contributed by atoms with Gasteiger partial charge in [-0.05, 0) is 11.0 Å².